The van der Waals surface area contributed by atoms with E-state index in [4.69, 9.17) is 4.74 Å². The third-order valence-electron chi connectivity index (χ3n) is 4.26. The number of carbonyl (C=O) groups excluding carboxylic acids is 1. The molecule has 0 aromatic carbocycles. The molecule has 0 bridgehead atoms. The van der Waals surface area contributed by atoms with Gasteiger partial charge in [-0.2, -0.15) is 5.10 Å². The zero-order chi connectivity index (χ0) is 16.8. The predicted molar refractivity (Wildman–Crippen MR) is 88.1 cm³/mol. The van der Waals surface area contributed by atoms with E-state index in [1.54, 1.807) is 17.1 Å². The second-order valence-electron chi connectivity index (χ2n) is 5.98. The van der Waals surface area contributed by atoms with Crippen LogP contribution in [0.1, 0.15) is 12.2 Å². The molecule has 1 saturated heterocycles. The largest absolute Gasteiger partial charge is 0.378 e. The predicted octanol–water partition coefficient (Wildman–Crippen LogP) is 0.0239. The minimum absolute atomic E-state index is 0.0440. The van der Waals surface area contributed by atoms with Crippen molar-refractivity contribution in [2.75, 3.05) is 26.3 Å². The molecule has 0 radical (unpaired) electrons. The minimum Gasteiger partial charge on any atom is -0.378 e. The van der Waals surface area contributed by atoms with Crippen LogP contribution in [0, 0.1) is 0 Å². The first kappa shape index (κ1) is 16.7. The first-order chi connectivity index (χ1) is 11.7. The van der Waals surface area contributed by atoms with Gasteiger partial charge in [-0.1, -0.05) is 0 Å². The van der Waals surface area contributed by atoms with Crippen LogP contribution in [0.5, 0.6) is 0 Å². The van der Waals surface area contributed by atoms with Gasteiger partial charge < -0.3 is 14.6 Å². The number of rotatable bonds is 7. The van der Waals surface area contributed by atoms with Crippen molar-refractivity contribution < 1.29 is 9.53 Å². The van der Waals surface area contributed by atoms with Gasteiger partial charge in [0.1, 0.15) is 5.82 Å². The fraction of sp³-hybridized carbons (Fsp3) is 0.562. The van der Waals surface area contributed by atoms with E-state index < -0.39 is 0 Å². The van der Waals surface area contributed by atoms with Gasteiger partial charge in [0.25, 0.3) is 0 Å². The van der Waals surface area contributed by atoms with Crippen molar-refractivity contribution in [2.24, 2.45) is 7.05 Å². The minimum atomic E-state index is 0.0440. The summed E-state index contributed by atoms with van der Waals surface area (Å²) in [6.07, 6.45) is 7.79. The molecule has 0 saturated carbocycles. The van der Waals surface area contributed by atoms with Crippen LogP contribution in [0.15, 0.2) is 30.9 Å². The molecule has 1 aliphatic heterocycles. The van der Waals surface area contributed by atoms with Crippen LogP contribution >= 0.6 is 0 Å². The van der Waals surface area contributed by atoms with Crippen LogP contribution in [-0.2, 0) is 29.7 Å². The molecule has 3 heterocycles. The Bertz CT molecular complexity index is 639. The summed E-state index contributed by atoms with van der Waals surface area (Å²) in [7, 11) is 1.99. The monoisotopic (exact) mass is 332 g/mol. The summed E-state index contributed by atoms with van der Waals surface area (Å²) in [5.74, 6) is 1.04. The molecule has 1 atom stereocenters. The SMILES string of the molecule is Cn1ccnc1CN1CCOC[C@H]1CC(=O)NCCn1cccn1. The zero-order valence-corrected chi connectivity index (χ0v) is 14.0. The van der Waals surface area contributed by atoms with Crippen molar-refractivity contribution in [2.45, 2.75) is 25.6 Å². The van der Waals surface area contributed by atoms with Gasteiger partial charge >= 0.3 is 0 Å². The number of nitrogens with one attached hydrogen (secondary N) is 1. The quantitative estimate of drug-likeness (QED) is 0.774. The van der Waals surface area contributed by atoms with Gasteiger partial charge in [-0.05, 0) is 6.07 Å². The Morgan fingerprint density at radius 3 is 3.08 bits per heavy atom. The van der Waals surface area contributed by atoms with Crippen LogP contribution in [0.4, 0.5) is 0 Å². The van der Waals surface area contributed by atoms with Gasteiger partial charge in [-0.15, -0.1) is 0 Å². The summed E-state index contributed by atoms with van der Waals surface area (Å²) in [5.41, 5.74) is 0. The van der Waals surface area contributed by atoms with Gasteiger partial charge in [-0.25, -0.2) is 4.98 Å². The van der Waals surface area contributed by atoms with E-state index in [1.807, 2.05) is 30.1 Å². The Morgan fingerprint density at radius 2 is 2.33 bits per heavy atom. The van der Waals surface area contributed by atoms with E-state index in [9.17, 15) is 4.79 Å². The summed E-state index contributed by atoms with van der Waals surface area (Å²) in [4.78, 5) is 18.9. The third-order valence-corrected chi connectivity index (χ3v) is 4.26. The number of morpholine rings is 1. The number of carbonyl (C=O) groups is 1. The molecule has 0 unspecified atom stereocenters. The second-order valence-corrected chi connectivity index (χ2v) is 5.98. The number of aryl methyl sites for hydroxylation is 1. The van der Waals surface area contributed by atoms with E-state index >= 15 is 0 Å². The fourth-order valence-corrected chi connectivity index (χ4v) is 2.84. The van der Waals surface area contributed by atoms with E-state index in [2.05, 4.69) is 20.3 Å². The molecular weight excluding hydrogens is 308 g/mol. The van der Waals surface area contributed by atoms with Gasteiger partial charge in [0.2, 0.25) is 5.91 Å². The first-order valence-corrected chi connectivity index (χ1v) is 8.24. The average Bonchev–Trinajstić information content (AvgIpc) is 3.22. The molecule has 2 aromatic heterocycles. The molecule has 8 nitrogen and oxygen atoms in total. The number of nitrogens with zero attached hydrogens (tertiary/aromatic N) is 5. The maximum atomic E-state index is 12.2. The van der Waals surface area contributed by atoms with Crippen LogP contribution in [0.2, 0.25) is 0 Å². The fourth-order valence-electron chi connectivity index (χ4n) is 2.84. The van der Waals surface area contributed by atoms with E-state index in [0.29, 0.717) is 32.7 Å². The van der Waals surface area contributed by atoms with Gasteiger partial charge in [0.05, 0.1) is 26.3 Å². The lowest BCUT2D eigenvalue weighted by Gasteiger charge is -2.34. The summed E-state index contributed by atoms with van der Waals surface area (Å²) < 4.78 is 9.38. The molecular formula is C16H24N6O2. The zero-order valence-electron chi connectivity index (χ0n) is 14.0. The van der Waals surface area contributed by atoms with Crippen LogP contribution < -0.4 is 5.32 Å². The number of hydrogen-bond donors (Lipinski definition) is 1. The Hall–Kier alpha value is -2.19. The maximum absolute atomic E-state index is 12.2. The highest BCUT2D eigenvalue weighted by Crippen LogP contribution is 2.14. The molecule has 2 aromatic rings. The van der Waals surface area contributed by atoms with Gasteiger partial charge in [-0.3, -0.25) is 14.4 Å². The smallest absolute Gasteiger partial charge is 0.221 e. The number of imidazole rings is 1. The highest BCUT2D eigenvalue weighted by Gasteiger charge is 2.26. The van der Waals surface area contributed by atoms with E-state index in [0.717, 1.165) is 18.9 Å². The molecule has 130 valence electrons. The molecule has 0 aliphatic carbocycles. The maximum Gasteiger partial charge on any atom is 0.221 e. The summed E-state index contributed by atoms with van der Waals surface area (Å²) in [5, 5.41) is 7.07. The van der Waals surface area contributed by atoms with Crippen molar-refractivity contribution in [1.82, 2.24) is 29.5 Å². The molecule has 1 aliphatic rings. The molecule has 1 N–H and O–H groups in total. The highest BCUT2D eigenvalue weighted by molar-refractivity contribution is 5.76. The summed E-state index contributed by atoms with van der Waals surface area (Å²) in [6, 6.07) is 1.96. The lowest BCUT2D eigenvalue weighted by Crippen LogP contribution is -2.47. The van der Waals surface area contributed by atoms with Crippen LogP contribution in [-0.4, -0.2) is 62.5 Å². The standard InChI is InChI=1S/C16H24N6O2/c1-20-7-4-17-15(20)12-21-9-10-24-13-14(21)11-16(23)18-5-8-22-6-2-3-19-22/h2-4,6-7,14H,5,8-13H2,1H3,(H,18,23)/t14-/m1/s1. The Labute approximate surface area is 141 Å². The Balaban J connectivity index is 1.47. The molecule has 1 amide bonds. The molecule has 24 heavy (non-hydrogen) atoms. The third kappa shape index (κ3) is 4.42. The second kappa shape index (κ2) is 8.07. The Morgan fingerprint density at radius 1 is 1.42 bits per heavy atom. The van der Waals surface area contributed by atoms with Gasteiger partial charge in [0, 0.05) is 57.4 Å². The number of amides is 1. The van der Waals surface area contributed by atoms with Crippen LogP contribution in [0.25, 0.3) is 0 Å². The topological polar surface area (TPSA) is 77.2 Å². The summed E-state index contributed by atoms with van der Waals surface area (Å²) >= 11 is 0. The molecule has 0 spiro atoms. The van der Waals surface area contributed by atoms with E-state index in [-0.39, 0.29) is 11.9 Å². The lowest BCUT2D eigenvalue weighted by molar-refractivity contribution is -0.124. The number of ether oxygens (including phenoxy) is 1. The van der Waals surface area contributed by atoms with Crippen molar-refractivity contribution in [3.63, 3.8) is 0 Å². The molecule has 1 fully saturated rings. The number of hydrogen-bond acceptors (Lipinski definition) is 5. The van der Waals surface area contributed by atoms with Crippen molar-refractivity contribution in [3.05, 3.63) is 36.7 Å². The Kier molecular flexibility index (Phi) is 5.60. The van der Waals surface area contributed by atoms with Crippen molar-refractivity contribution >= 4 is 5.91 Å². The average molecular weight is 332 g/mol. The lowest BCUT2D eigenvalue weighted by atomic mass is 10.1. The van der Waals surface area contributed by atoms with Gasteiger partial charge in [0.15, 0.2) is 0 Å². The normalized spacial score (nSPS) is 18.6. The first-order valence-electron chi connectivity index (χ1n) is 8.24. The molecule has 3 rings (SSSR count). The van der Waals surface area contributed by atoms with Crippen LogP contribution in [0.3, 0.4) is 0 Å². The number of aromatic nitrogens is 4. The van der Waals surface area contributed by atoms with E-state index in [1.165, 1.54) is 0 Å². The summed E-state index contributed by atoms with van der Waals surface area (Å²) in [6.45, 7) is 4.08. The van der Waals surface area contributed by atoms with Crippen molar-refractivity contribution in [3.8, 4) is 0 Å². The molecule has 8 heteroatoms. The highest BCUT2D eigenvalue weighted by atomic mass is 16.5. The van der Waals surface area contributed by atoms with Crippen molar-refractivity contribution in [1.29, 1.82) is 0 Å².